The molecule has 2 fully saturated rings. The predicted octanol–water partition coefficient (Wildman–Crippen LogP) is 1.04. The smallest absolute Gasteiger partial charge is 0.245 e. The van der Waals surface area contributed by atoms with Crippen molar-refractivity contribution < 1.29 is 9.59 Å². The Morgan fingerprint density at radius 2 is 1.96 bits per heavy atom. The summed E-state index contributed by atoms with van der Waals surface area (Å²) in [6.45, 7) is 5.11. The topological polar surface area (TPSA) is 52.7 Å². The standard InChI is InChI=1S/C18H25N3O2/c1-2-6-15-18(23)21-12-11-20(13-16(21)17(22)19-15)10-9-14-7-4-3-5-8-14/h3-5,7-8,15-16H,2,6,9-13H2,1H3,(H,19,22)/t15-,16+/m0/s1. The van der Waals surface area contributed by atoms with E-state index in [0.717, 1.165) is 32.4 Å². The molecule has 2 aliphatic heterocycles. The second kappa shape index (κ2) is 7.13. The first-order valence-electron chi connectivity index (χ1n) is 8.56. The van der Waals surface area contributed by atoms with Gasteiger partial charge in [0.2, 0.25) is 11.8 Å². The fraction of sp³-hybridized carbons (Fsp3) is 0.556. The molecule has 1 aromatic carbocycles. The molecule has 0 spiro atoms. The molecule has 0 saturated carbocycles. The Bertz CT molecular complexity index is 561. The van der Waals surface area contributed by atoms with Crippen LogP contribution < -0.4 is 5.32 Å². The summed E-state index contributed by atoms with van der Waals surface area (Å²) < 4.78 is 0. The van der Waals surface area contributed by atoms with Crippen molar-refractivity contribution in [2.75, 3.05) is 26.2 Å². The van der Waals surface area contributed by atoms with E-state index >= 15 is 0 Å². The van der Waals surface area contributed by atoms with Crippen molar-refractivity contribution in [3.05, 3.63) is 35.9 Å². The average molecular weight is 315 g/mol. The van der Waals surface area contributed by atoms with Crippen LogP contribution in [0.25, 0.3) is 0 Å². The maximum atomic E-state index is 12.5. The molecule has 2 aliphatic rings. The lowest BCUT2D eigenvalue weighted by atomic mass is 10.0. The fourth-order valence-corrected chi connectivity index (χ4v) is 3.48. The number of amides is 2. The number of hydrogen-bond acceptors (Lipinski definition) is 3. The number of hydrogen-bond donors (Lipinski definition) is 1. The average Bonchev–Trinajstić information content (AvgIpc) is 2.58. The number of nitrogens with one attached hydrogen (secondary N) is 1. The summed E-state index contributed by atoms with van der Waals surface area (Å²) in [6, 6.07) is 9.74. The normalized spacial score (nSPS) is 25.2. The van der Waals surface area contributed by atoms with Gasteiger partial charge in [0.25, 0.3) is 0 Å². The molecule has 2 heterocycles. The van der Waals surface area contributed by atoms with Crippen LogP contribution in [0.5, 0.6) is 0 Å². The number of fused-ring (bicyclic) bond motifs is 1. The van der Waals surface area contributed by atoms with E-state index in [1.54, 1.807) is 4.90 Å². The Labute approximate surface area is 137 Å². The van der Waals surface area contributed by atoms with Crippen molar-refractivity contribution in [1.82, 2.24) is 15.1 Å². The maximum Gasteiger partial charge on any atom is 0.245 e. The van der Waals surface area contributed by atoms with Gasteiger partial charge in [0.15, 0.2) is 0 Å². The number of carbonyl (C=O) groups is 2. The summed E-state index contributed by atoms with van der Waals surface area (Å²) >= 11 is 0. The highest BCUT2D eigenvalue weighted by atomic mass is 16.2. The molecule has 23 heavy (non-hydrogen) atoms. The Morgan fingerprint density at radius 3 is 2.70 bits per heavy atom. The van der Waals surface area contributed by atoms with Gasteiger partial charge >= 0.3 is 0 Å². The lowest BCUT2D eigenvalue weighted by Gasteiger charge is -2.45. The van der Waals surface area contributed by atoms with E-state index in [2.05, 4.69) is 22.3 Å². The molecule has 2 atom stereocenters. The van der Waals surface area contributed by atoms with E-state index in [4.69, 9.17) is 0 Å². The van der Waals surface area contributed by atoms with Crippen LogP contribution in [0.4, 0.5) is 0 Å². The molecular weight excluding hydrogens is 290 g/mol. The molecule has 1 N–H and O–H groups in total. The molecule has 0 bridgehead atoms. The minimum absolute atomic E-state index is 0.00691. The van der Waals surface area contributed by atoms with Crippen molar-refractivity contribution in [2.45, 2.75) is 38.3 Å². The molecule has 0 aliphatic carbocycles. The van der Waals surface area contributed by atoms with E-state index in [-0.39, 0.29) is 23.9 Å². The van der Waals surface area contributed by atoms with Gasteiger partial charge < -0.3 is 10.2 Å². The Balaban J connectivity index is 1.58. The highest BCUT2D eigenvalue weighted by Crippen LogP contribution is 2.18. The van der Waals surface area contributed by atoms with E-state index in [1.165, 1.54) is 5.56 Å². The van der Waals surface area contributed by atoms with E-state index in [1.807, 2.05) is 25.1 Å². The molecule has 5 nitrogen and oxygen atoms in total. The number of carbonyl (C=O) groups excluding carboxylic acids is 2. The second-order valence-corrected chi connectivity index (χ2v) is 6.43. The van der Waals surface area contributed by atoms with Crippen LogP contribution in [-0.2, 0) is 16.0 Å². The molecule has 0 aromatic heterocycles. The van der Waals surface area contributed by atoms with Gasteiger partial charge in [0.1, 0.15) is 12.1 Å². The van der Waals surface area contributed by atoms with Crippen LogP contribution in [0.3, 0.4) is 0 Å². The van der Waals surface area contributed by atoms with E-state index in [0.29, 0.717) is 13.1 Å². The predicted molar refractivity (Wildman–Crippen MR) is 88.9 cm³/mol. The largest absolute Gasteiger partial charge is 0.342 e. The molecule has 2 amide bonds. The van der Waals surface area contributed by atoms with Gasteiger partial charge in [-0.3, -0.25) is 14.5 Å². The summed E-state index contributed by atoms with van der Waals surface area (Å²) in [4.78, 5) is 28.9. The van der Waals surface area contributed by atoms with Crippen LogP contribution in [-0.4, -0.2) is 59.9 Å². The maximum absolute atomic E-state index is 12.5. The minimum atomic E-state index is -0.320. The van der Waals surface area contributed by atoms with Crippen LogP contribution >= 0.6 is 0 Å². The first-order chi connectivity index (χ1) is 11.2. The molecule has 124 valence electrons. The first-order valence-corrected chi connectivity index (χ1v) is 8.56. The molecule has 2 saturated heterocycles. The number of nitrogens with zero attached hydrogens (tertiary/aromatic N) is 2. The van der Waals surface area contributed by atoms with Crippen LogP contribution in [0.2, 0.25) is 0 Å². The first kappa shape index (κ1) is 16.0. The van der Waals surface area contributed by atoms with Crippen molar-refractivity contribution >= 4 is 11.8 Å². The van der Waals surface area contributed by atoms with E-state index in [9.17, 15) is 9.59 Å². The summed E-state index contributed by atoms with van der Waals surface area (Å²) in [5.74, 6) is 0.103. The van der Waals surface area contributed by atoms with Gasteiger partial charge in [-0.25, -0.2) is 0 Å². The molecule has 5 heteroatoms. The van der Waals surface area contributed by atoms with Crippen molar-refractivity contribution in [2.24, 2.45) is 0 Å². The van der Waals surface area contributed by atoms with Gasteiger partial charge in [0, 0.05) is 26.2 Å². The van der Waals surface area contributed by atoms with Crippen molar-refractivity contribution in [3.63, 3.8) is 0 Å². The van der Waals surface area contributed by atoms with Crippen molar-refractivity contribution in [1.29, 1.82) is 0 Å². The SMILES string of the molecule is CCC[C@@H]1NC(=O)[C@H]2CN(CCc3ccccc3)CCN2C1=O. The summed E-state index contributed by atoms with van der Waals surface area (Å²) in [7, 11) is 0. The number of rotatable bonds is 5. The van der Waals surface area contributed by atoms with Gasteiger partial charge in [-0.2, -0.15) is 0 Å². The highest BCUT2D eigenvalue weighted by molar-refractivity contribution is 5.97. The lowest BCUT2D eigenvalue weighted by molar-refractivity contribution is -0.153. The number of benzene rings is 1. The van der Waals surface area contributed by atoms with Crippen LogP contribution in [0, 0.1) is 0 Å². The molecule has 0 unspecified atom stereocenters. The second-order valence-electron chi connectivity index (χ2n) is 6.43. The molecule has 3 rings (SSSR count). The molecule has 1 aromatic rings. The zero-order valence-corrected chi connectivity index (χ0v) is 13.7. The Hall–Kier alpha value is -1.88. The summed E-state index contributed by atoms with van der Waals surface area (Å²) in [5.41, 5.74) is 1.31. The summed E-state index contributed by atoms with van der Waals surface area (Å²) in [5, 5.41) is 2.90. The fourth-order valence-electron chi connectivity index (χ4n) is 3.48. The van der Waals surface area contributed by atoms with Crippen LogP contribution in [0.1, 0.15) is 25.3 Å². The molecule has 0 radical (unpaired) electrons. The molecular formula is C18H25N3O2. The lowest BCUT2D eigenvalue weighted by Crippen LogP contribution is -2.69. The quantitative estimate of drug-likeness (QED) is 0.883. The van der Waals surface area contributed by atoms with Gasteiger partial charge in [-0.15, -0.1) is 0 Å². The third-order valence-corrected chi connectivity index (χ3v) is 4.80. The van der Waals surface area contributed by atoms with Gasteiger partial charge in [0.05, 0.1) is 0 Å². The van der Waals surface area contributed by atoms with E-state index < -0.39 is 0 Å². The minimum Gasteiger partial charge on any atom is -0.342 e. The third-order valence-electron chi connectivity index (χ3n) is 4.80. The highest BCUT2D eigenvalue weighted by Gasteiger charge is 2.42. The monoisotopic (exact) mass is 315 g/mol. The van der Waals surface area contributed by atoms with Crippen molar-refractivity contribution in [3.8, 4) is 0 Å². The number of piperazine rings is 2. The van der Waals surface area contributed by atoms with Gasteiger partial charge in [-0.05, 0) is 18.4 Å². The zero-order valence-electron chi connectivity index (χ0n) is 13.7. The third kappa shape index (κ3) is 3.55. The zero-order chi connectivity index (χ0) is 16.2. The Kier molecular flexibility index (Phi) is 4.96. The van der Waals surface area contributed by atoms with Crippen LogP contribution in [0.15, 0.2) is 30.3 Å². The summed E-state index contributed by atoms with van der Waals surface area (Å²) in [6.07, 6.45) is 2.60. The van der Waals surface area contributed by atoms with Gasteiger partial charge in [-0.1, -0.05) is 43.7 Å². The Morgan fingerprint density at radius 1 is 1.17 bits per heavy atom.